The Morgan fingerprint density at radius 3 is 2.63 bits per heavy atom. The van der Waals surface area contributed by atoms with Gasteiger partial charge in [0.25, 0.3) is 0 Å². The first-order valence-corrected chi connectivity index (χ1v) is 11.2. The van der Waals surface area contributed by atoms with Crippen molar-refractivity contribution in [3.63, 3.8) is 0 Å². The lowest BCUT2D eigenvalue weighted by Crippen LogP contribution is -2.63. The van der Waals surface area contributed by atoms with E-state index in [0.717, 1.165) is 31.2 Å². The predicted octanol–water partition coefficient (Wildman–Crippen LogP) is 0.698. The number of amides is 1. The number of likely N-dealkylation sites (tertiary alicyclic amines) is 1. The van der Waals surface area contributed by atoms with Crippen LogP contribution in [0.2, 0.25) is 0 Å². The highest BCUT2D eigenvalue weighted by Gasteiger charge is 2.47. The van der Waals surface area contributed by atoms with Crippen LogP contribution in [0.1, 0.15) is 38.2 Å². The van der Waals surface area contributed by atoms with Crippen LogP contribution in [0, 0.1) is 5.92 Å². The lowest BCUT2D eigenvalue weighted by molar-refractivity contribution is -0.138. The second kappa shape index (κ2) is 6.86. The maximum Gasteiger partial charge on any atom is 0.225 e. The summed E-state index contributed by atoms with van der Waals surface area (Å²) in [5.74, 6) is 0.243. The molecule has 1 aromatic heterocycles. The summed E-state index contributed by atoms with van der Waals surface area (Å²) < 4.78 is 35.3. The molecule has 150 valence electrons. The average Bonchev–Trinajstić information content (AvgIpc) is 3.25. The second-order valence-electron chi connectivity index (χ2n) is 8.21. The zero-order valence-electron chi connectivity index (χ0n) is 16.0. The molecular formula is C18H28N4O4S. The molecule has 0 radical (unpaired) electrons. The van der Waals surface area contributed by atoms with Gasteiger partial charge in [-0.1, -0.05) is 12.8 Å². The molecule has 1 atom stereocenters. The van der Waals surface area contributed by atoms with Crippen LogP contribution in [-0.2, 0) is 32.2 Å². The van der Waals surface area contributed by atoms with E-state index < -0.39 is 20.9 Å². The number of rotatable bonds is 4. The van der Waals surface area contributed by atoms with Gasteiger partial charge in [0.05, 0.1) is 12.8 Å². The third-order valence-corrected chi connectivity index (χ3v) is 8.37. The zero-order chi connectivity index (χ0) is 19.2. The molecule has 3 heterocycles. The van der Waals surface area contributed by atoms with Crippen molar-refractivity contribution < 1.29 is 17.9 Å². The van der Waals surface area contributed by atoms with E-state index >= 15 is 0 Å². The minimum atomic E-state index is -3.46. The standard InChI is InChI=1S/C18H28N4O4S/c1-18(15-9-19-20(2)10-15)13-22(7-8-26-18)27(24,25)16-11-21(12-16)17(23)14-5-3-4-6-14/h9-10,14,16H,3-8,11-13H2,1-2H3/t18-/m1/s1. The Kier molecular flexibility index (Phi) is 4.80. The summed E-state index contributed by atoms with van der Waals surface area (Å²) in [5.41, 5.74) is 0.166. The highest BCUT2D eigenvalue weighted by Crippen LogP contribution is 2.33. The maximum atomic E-state index is 13.1. The van der Waals surface area contributed by atoms with E-state index in [-0.39, 0.29) is 18.4 Å². The fraction of sp³-hybridized carbons (Fsp3) is 0.778. The van der Waals surface area contributed by atoms with Gasteiger partial charge in [0.15, 0.2) is 0 Å². The van der Waals surface area contributed by atoms with E-state index in [1.165, 1.54) is 4.31 Å². The molecule has 1 aromatic rings. The van der Waals surface area contributed by atoms with Gasteiger partial charge in [0.1, 0.15) is 10.9 Å². The Morgan fingerprint density at radius 2 is 2.00 bits per heavy atom. The topological polar surface area (TPSA) is 84.7 Å². The van der Waals surface area contributed by atoms with Crippen LogP contribution in [-0.4, -0.2) is 71.3 Å². The molecule has 4 rings (SSSR count). The van der Waals surface area contributed by atoms with Crippen molar-refractivity contribution in [3.05, 3.63) is 18.0 Å². The molecular weight excluding hydrogens is 368 g/mol. The average molecular weight is 397 g/mol. The summed E-state index contributed by atoms with van der Waals surface area (Å²) in [6.45, 7) is 3.51. The van der Waals surface area contributed by atoms with E-state index in [1.807, 2.05) is 20.2 Å². The van der Waals surface area contributed by atoms with Gasteiger partial charge in [0, 0.05) is 50.9 Å². The van der Waals surface area contributed by atoms with Crippen LogP contribution in [0.25, 0.3) is 0 Å². The van der Waals surface area contributed by atoms with Crippen LogP contribution in [0.5, 0.6) is 0 Å². The summed E-state index contributed by atoms with van der Waals surface area (Å²) in [6.07, 6.45) is 7.68. The van der Waals surface area contributed by atoms with Crippen molar-refractivity contribution in [2.24, 2.45) is 13.0 Å². The van der Waals surface area contributed by atoms with Crippen LogP contribution in [0.15, 0.2) is 12.4 Å². The van der Waals surface area contributed by atoms with E-state index in [2.05, 4.69) is 5.10 Å². The number of morpholine rings is 1. The van der Waals surface area contributed by atoms with Crippen molar-refractivity contribution in [2.45, 2.75) is 43.5 Å². The van der Waals surface area contributed by atoms with Crippen molar-refractivity contribution in [1.29, 1.82) is 0 Å². The number of hydrogen-bond acceptors (Lipinski definition) is 5. The molecule has 0 bridgehead atoms. The van der Waals surface area contributed by atoms with Gasteiger partial charge in [0.2, 0.25) is 15.9 Å². The summed E-state index contributed by atoms with van der Waals surface area (Å²) in [6, 6.07) is 0. The summed E-state index contributed by atoms with van der Waals surface area (Å²) in [4.78, 5) is 14.2. The Morgan fingerprint density at radius 1 is 1.30 bits per heavy atom. The van der Waals surface area contributed by atoms with E-state index in [0.29, 0.717) is 26.2 Å². The lowest BCUT2D eigenvalue weighted by Gasteiger charge is -2.45. The Bertz CT molecular complexity index is 811. The third kappa shape index (κ3) is 3.40. The first-order valence-electron chi connectivity index (χ1n) is 9.70. The molecule has 27 heavy (non-hydrogen) atoms. The molecule has 0 unspecified atom stereocenters. The summed E-state index contributed by atoms with van der Waals surface area (Å²) in [5, 5.41) is 3.68. The van der Waals surface area contributed by atoms with Crippen LogP contribution >= 0.6 is 0 Å². The molecule has 1 amide bonds. The SMILES string of the molecule is Cn1cc([C@@]2(C)CN(S(=O)(=O)C3CN(C(=O)C4CCCC4)C3)CCO2)cn1. The van der Waals surface area contributed by atoms with Gasteiger partial charge in [-0.3, -0.25) is 9.48 Å². The zero-order valence-corrected chi connectivity index (χ0v) is 16.8. The minimum Gasteiger partial charge on any atom is -0.368 e. The number of hydrogen-bond donors (Lipinski definition) is 0. The highest BCUT2D eigenvalue weighted by molar-refractivity contribution is 7.89. The smallest absolute Gasteiger partial charge is 0.225 e. The molecule has 2 aliphatic heterocycles. The van der Waals surface area contributed by atoms with Gasteiger partial charge < -0.3 is 9.64 Å². The molecule has 8 nitrogen and oxygen atoms in total. The monoisotopic (exact) mass is 396 g/mol. The molecule has 3 fully saturated rings. The number of sulfonamides is 1. The van der Waals surface area contributed by atoms with Gasteiger partial charge >= 0.3 is 0 Å². The number of nitrogens with zero attached hydrogens (tertiary/aromatic N) is 4. The van der Waals surface area contributed by atoms with Crippen molar-refractivity contribution in [2.75, 3.05) is 32.8 Å². The minimum absolute atomic E-state index is 0.103. The molecule has 0 aromatic carbocycles. The Balaban J connectivity index is 1.41. The quantitative estimate of drug-likeness (QED) is 0.748. The number of carbonyl (C=O) groups excluding carboxylic acids is 1. The number of carbonyl (C=O) groups is 1. The lowest BCUT2D eigenvalue weighted by atomic mass is 9.98. The molecule has 2 saturated heterocycles. The Labute approximate surface area is 160 Å². The molecule has 0 spiro atoms. The number of aromatic nitrogens is 2. The fourth-order valence-electron chi connectivity index (χ4n) is 4.37. The Hall–Kier alpha value is -1.45. The van der Waals surface area contributed by atoms with E-state index in [4.69, 9.17) is 4.74 Å². The molecule has 1 aliphatic carbocycles. The van der Waals surface area contributed by atoms with Gasteiger partial charge in [-0.2, -0.15) is 9.40 Å². The normalized spacial score (nSPS) is 28.4. The molecule has 9 heteroatoms. The maximum absolute atomic E-state index is 13.1. The van der Waals surface area contributed by atoms with Crippen LogP contribution < -0.4 is 0 Å². The largest absolute Gasteiger partial charge is 0.368 e. The molecule has 0 N–H and O–H groups in total. The van der Waals surface area contributed by atoms with Gasteiger partial charge in [-0.05, 0) is 19.8 Å². The third-order valence-electron chi connectivity index (χ3n) is 6.20. The van der Waals surface area contributed by atoms with Crippen molar-refractivity contribution in [3.8, 4) is 0 Å². The van der Waals surface area contributed by atoms with Crippen LogP contribution in [0.3, 0.4) is 0 Å². The van der Waals surface area contributed by atoms with Gasteiger partial charge in [-0.25, -0.2) is 8.42 Å². The fourth-order valence-corrected chi connectivity index (χ4v) is 6.28. The van der Waals surface area contributed by atoms with E-state index in [1.54, 1.807) is 15.8 Å². The molecule has 3 aliphatic rings. The number of ether oxygens (including phenoxy) is 1. The van der Waals surface area contributed by atoms with E-state index in [9.17, 15) is 13.2 Å². The second-order valence-corrected chi connectivity index (χ2v) is 10.4. The van der Waals surface area contributed by atoms with Crippen molar-refractivity contribution in [1.82, 2.24) is 19.0 Å². The number of aryl methyl sites for hydroxylation is 1. The first kappa shape index (κ1) is 18.9. The highest BCUT2D eigenvalue weighted by atomic mass is 32.2. The predicted molar refractivity (Wildman–Crippen MR) is 99.3 cm³/mol. The first-order chi connectivity index (χ1) is 12.8. The van der Waals surface area contributed by atoms with Crippen molar-refractivity contribution >= 4 is 15.9 Å². The summed E-state index contributed by atoms with van der Waals surface area (Å²) >= 11 is 0. The van der Waals surface area contributed by atoms with Crippen LogP contribution in [0.4, 0.5) is 0 Å². The summed E-state index contributed by atoms with van der Waals surface area (Å²) in [7, 11) is -1.63. The van der Waals surface area contributed by atoms with Gasteiger partial charge in [-0.15, -0.1) is 0 Å². The molecule has 1 saturated carbocycles.